The van der Waals surface area contributed by atoms with Gasteiger partial charge < -0.3 is 9.47 Å². The molecule has 0 aromatic heterocycles. The molecule has 33 heavy (non-hydrogen) atoms. The van der Waals surface area contributed by atoms with Gasteiger partial charge in [-0.1, -0.05) is 6.07 Å². The van der Waals surface area contributed by atoms with E-state index < -0.39 is 23.8 Å². The number of ether oxygens (including phenoxy) is 2. The number of nitrogens with one attached hydrogen (secondary N) is 1. The first-order valence-electron chi connectivity index (χ1n) is 9.88. The van der Waals surface area contributed by atoms with E-state index in [1.54, 1.807) is 37.3 Å². The van der Waals surface area contributed by atoms with E-state index in [-0.39, 0.29) is 18.8 Å². The summed E-state index contributed by atoms with van der Waals surface area (Å²) in [7, 11) is 0. The molecule has 172 valence electrons. The van der Waals surface area contributed by atoms with E-state index >= 15 is 0 Å². The molecular weight excluding hydrogens is 607 g/mol. The van der Waals surface area contributed by atoms with Gasteiger partial charge in [0.15, 0.2) is 6.61 Å². The molecule has 0 radical (unpaired) electrons. The molecule has 0 atom stereocenters. The standard InChI is InChI=1S/C23H20BrIN2O6/c1-4-32-19(28)11-33-20-17(24)9-14(10-18(20)25)8-16-21(29)26-23(31)27(22(16)30)15-6-5-12(2)13(3)7-15/h5-10H,4,11H2,1-3H3,(H,26,29,31)/b16-8+. The van der Waals surface area contributed by atoms with Gasteiger partial charge in [-0.3, -0.25) is 14.9 Å². The lowest BCUT2D eigenvalue weighted by molar-refractivity contribution is -0.145. The van der Waals surface area contributed by atoms with Crippen LogP contribution < -0.4 is 15.0 Å². The fourth-order valence-electron chi connectivity index (χ4n) is 3.06. The first kappa shape index (κ1) is 24.9. The monoisotopic (exact) mass is 626 g/mol. The van der Waals surface area contributed by atoms with Crippen LogP contribution in [0.3, 0.4) is 0 Å². The molecule has 1 heterocycles. The minimum atomic E-state index is -0.802. The average molecular weight is 627 g/mol. The molecular formula is C23H20BrIN2O6. The molecule has 3 rings (SSSR count). The Hall–Kier alpha value is -2.73. The fraction of sp³-hybridized carbons (Fsp3) is 0.217. The second-order valence-corrected chi connectivity index (χ2v) is 9.15. The maximum Gasteiger partial charge on any atom is 0.344 e. The molecule has 10 heteroatoms. The third-order valence-electron chi connectivity index (χ3n) is 4.82. The molecule has 0 bridgehead atoms. The second-order valence-electron chi connectivity index (χ2n) is 7.13. The molecule has 1 saturated heterocycles. The Morgan fingerprint density at radius 1 is 1.15 bits per heavy atom. The van der Waals surface area contributed by atoms with Crippen LogP contribution in [-0.4, -0.2) is 37.0 Å². The summed E-state index contributed by atoms with van der Waals surface area (Å²) < 4.78 is 11.6. The summed E-state index contributed by atoms with van der Waals surface area (Å²) in [4.78, 5) is 50.5. The molecule has 0 spiro atoms. The first-order valence-corrected chi connectivity index (χ1v) is 11.8. The van der Waals surface area contributed by atoms with Crippen LogP contribution >= 0.6 is 38.5 Å². The van der Waals surface area contributed by atoms with E-state index in [0.717, 1.165) is 16.0 Å². The lowest BCUT2D eigenvalue weighted by Crippen LogP contribution is -2.54. The first-order chi connectivity index (χ1) is 15.6. The topological polar surface area (TPSA) is 102 Å². The molecule has 1 aliphatic heterocycles. The van der Waals surface area contributed by atoms with Crippen molar-refractivity contribution < 1.29 is 28.7 Å². The Kier molecular flexibility index (Phi) is 7.90. The van der Waals surface area contributed by atoms with Crippen molar-refractivity contribution >= 4 is 74.1 Å². The Morgan fingerprint density at radius 3 is 2.52 bits per heavy atom. The number of aryl methyl sites for hydroxylation is 2. The van der Waals surface area contributed by atoms with Crippen LogP contribution in [0.4, 0.5) is 10.5 Å². The van der Waals surface area contributed by atoms with Gasteiger partial charge in [-0.2, -0.15) is 0 Å². The van der Waals surface area contributed by atoms with E-state index in [1.807, 2.05) is 36.4 Å². The molecule has 0 saturated carbocycles. The lowest BCUT2D eigenvalue weighted by atomic mass is 10.1. The third kappa shape index (κ3) is 5.61. The number of anilines is 1. The number of urea groups is 1. The van der Waals surface area contributed by atoms with Crippen LogP contribution in [0.5, 0.6) is 5.75 Å². The van der Waals surface area contributed by atoms with Crippen molar-refractivity contribution in [2.24, 2.45) is 0 Å². The zero-order valence-electron chi connectivity index (χ0n) is 18.0. The highest BCUT2D eigenvalue weighted by atomic mass is 127. The van der Waals surface area contributed by atoms with Crippen molar-refractivity contribution in [3.63, 3.8) is 0 Å². The molecule has 0 unspecified atom stereocenters. The summed E-state index contributed by atoms with van der Waals surface area (Å²) in [6, 6.07) is 7.71. The SMILES string of the molecule is CCOC(=O)COc1c(Br)cc(/C=C2\C(=O)NC(=O)N(c3ccc(C)c(C)c3)C2=O)cc1I. The van der Waals surface area contributed by atoms with E-state index in [1.165, 1.54) is 6.08 Å². The summed E-state index contributed by atoms with van der Waals surface area (Å²) in [5.74, 6) is -1.57. The molecule has 1 fully saturated rings. The second kappa shape index (κ2) is 10.5. The van der Waals surface area contributed by atoms with Crippen molar-refractivity contribution in [1.82, 2.24) is 5.32 Å². The quantitative estimate of drug-likeness (QED) is 0.222. The number of nitrogens with zero attached hydrogens (tertiary/aromatic N) is 1. The van der Waals surface area contributed by atoms with E-state index in [4.69, 9.17) is 9.47 Å². The molecule has 8 nitrogen and oxygen atoms in total. The Morgan fingerprint density at radius 2 is 1.88 bits per heavy atom. The zero-order valence-corrected chi connectivity index (χ0v) is 21.8. The number of amides is 4. The van der Waals surface area contributed by atoms with E-state index in [9.17, 15) is 19.2 Å². The maximum absolute atomic E-state index is 13.1. The van der Waals surface area contributed by atoms with Gasteiger partial charge >= 0.3 is 12.0 Å². The highest BCUT2D eigenvalue weighted by Crippen LogP contribution is 2.33. The molecule has 2 aromatic rings. The van der Waals surface area contributed by atoms with Gasteiger partial charge in [0.2, 0.25) is 0 Å². The van der Waals surface area contributed by atoms with Crippen molar-refractivity contribution in [1.29, 1.82) is 0 Å². The summed E-state index contributed by atoms with van der Waals surface area (Å²) >= 11 is 5.42. The highest BCUT2D eigenvalue weighted by molar-refractivity contribution is 14.1. The smallest absolute Gasteiger partial charge is 0.344 e. The zero-order chi connectivity index (χ0) is 24.3. The van der Waals surface area contributed by atoms with Crippen molar-refractivity contribution in [2.45, 2.75) is 20.8 Å². The largest absolute Gasteiger partial charge is 0.480 e. The van der Waals surface area contributed by atoms with Gasteiger partial charge in [-0.25, -0.2) is 14.5 Å². The molecule has 1 N–H and O–H groups in total. The van der Waals surface area contributed by atoms with Crippen LogP contribution in [0.25, 0.3) is 6.08 Å². The van der Waals surface area contributed by atoms with E-state index in [0.29, 0.717) is 25.0 Å². The molecule has 0 aliphatic carbocycles. The summed E-state index contributed by atoms with van der Waals surface area (Å²) in [6.07, 6.45) is 1.40. The number of esters is 1. The van der Waals surface area contributed by atoms with Crippen LogP contribution in [0.15, 0.2) is 40.4 Å². The van der Waals surface area contributed by atoms with Gasteiger partial charge in [0.1, 0.15) is 11.3 Å². The van der Waals surface area contributed by atoms with Crippen LogP contribution in [-0.2, 0) is 19.1 Å². The highest BCUT2D eigenvalue weighted by Gasteiger charge is 2.37. The van der Waals surface area contributed by atoms with Gasteiger partial charge in [0.05, 0.1) is 20.3 Å². The number of rotatable bonds is 6. The maximum atomic E-state index is 13.1. The number of barbiturate groups is 1. The number of hydrogen-bond acceptors (Lipinski definition) is 6. The summed E-state index contributed by atoms with van der Waals surface area (Å²) in [5.41, 5.74) is 2.64. The lowest BCUT2D eigenvalue weighted by Gasteiger charge is -2.27. The van der Waals surface area contributed by atoms with E-state index in [2.05, 4.69) is 21.2 Å². The molecule has 2 aromatic carbocycles. The van der Waals surface area contributed by atoms with Crippen molar-refractivity contribution in [2.75, 3.05) is 18.1 Å². The number of imide groups is 2. The summed E-state index contributed by atoms with van der Waals surface area (Å²) in [5, 5.41) is 2.22. The predicted molar refractivity (Wildman–Crippen MR) is 134 cm³/mol. The molecule has 1 aliphatic rings. The van der Waals surface area contributed by atoms with Gasteiger partial charge in [0, 0.05) is 0 Å². The average Bonchev–Trinajstić information content (AvgIpc) is 2.73. The number of benzene rings is 2. The van der Waals surface area contributed by atoms with Crippen LogP contribution in [0, 0.1) is 17.4 Å². The third-order valence-corrected chi connectivity index (χ3v) is 6.21. The number of carbonyl (C=O) groups is 4. The van der Waals surface area contributed by atoms with Gasteiger partial charge in [0.25, 0.3) is 11.8 Å². The van der Waals surface area contributed by atoms with Crippen LogP contribution in [0.2, 0.25) is 0 Å². The number of halogens is 2. The van der Waals surface area contributed by atoms with Gasteiger partial charge in [-0.15, -0.1) is 0 Å². The Labute approximate surface area is 212 Å². The van der Waals surface area contributed by atoms with Crippen molar-refractivity contribution in [3.8, 4) is 5.75 Å². The van der Waals surface area contributed by atoms with Crippen LogP contribution in [0.1, 0.15) is 23.6 Å². The fourth-order valence-corrected chi connectivity index (χ4v) is 4.83. The minimum absolute atomic E-state index is 0.185. The number of hydrogen-bond donors (Lipinski definition) is 1. The van der Waals surface area contributed by atoms with Gasteiger partial charge in [-0.05, 0) is 106 Å². The normalized spacial score (nSPS) is 15.0. The predicted octanol–water partition coefficient (Wildman–Crippen LogP) is 4.28. The molecule has 4 amide bonds. The van der Waals surface area contributed by atoms with Crippen molar-refractivity contribution in [3.05, 3.63) is 60.6 Å². The summed E-state index contributed by atoms with van der Waals surface area (Å²) in [6.45, 7) is 5.50. The minimum Gasteiger partial charge on any atom is -0.480 e. The number of carbonyl (C=O) groups excluding carboxylic acids is 4. The Bertz CT molecular complexity index is 1170. The Balaban J connectivity index is 1.91.